The molecule has 2 amide bonds. The highest BCUT2D eigenvalue weighted by molar-refractivity contribution is 6.31. The number of nitrogens with zero attached hydrogens (tertiary/aromatic N) is 2. The van der Waals surface area contributed by atoms with E-state index < -0.39 is 17.8 Å². The number of halogens is 5. The van der Waals surface area contributed by atoms with Crippen molar-refractivity contribution in [3.8, 4) is 5.75 Å². The third-order valence-corrected chi connectivity index (χ3v) is 5.89. The number of alkyl halides is 3. The van der Waals surface area contributed by atoms with Crippen LogP contribution >= 0.6 is 23.2 Å². The lowest BCUT2D eigenvalue weighted by Crippen LogP contribution is -2.38. The van der Waals surface area contributed by atoms with Gasteiger partial charge in [0.1, 0.15) is 5.75 Å². The monoisotopic (exact) mass is 507 g/mol. The van der Waals surface area contributed by atoms with Crippen molar-refractivity contribution in [1.29, 1.82) is 0 Å². The van der Waals surface area contributed by atoms with Crippen LogP contribution in [0.3, 0.4) is 0 Å². The van der Waals surface area contributed by atoms with Crippen molar-refractivity contribution in [2.24, 2.45) is 5.10 Å². The molecule has 4 rings (SSSR count). The quantitative estimate of drug-likeness (QED) is 0.409. The van der Waals surface area contributed by atoms with Gasteiger partial charge in [0, 0.05) is 15.7 Å². The maximum Gasteiger partial charge on any atom is 0.573 e. The molecule has 3 aromatic carbocycles. The predicted molar refractivity (Wildman–Crippen MR) is 126 cm³/mol. The fourth-order valence-corrected chi connectivity index (χ4v) is 3.97. The van der Waals surface area contributed by atoms with Crippen LogP contribution in [0.4, 0.5) is 23.7 Å². The number of anilines is 1. The van der Waals surface area contributed by atoms with Gasteiger partial charge in [-0.2, -0.15) is 5.10 Å². The van der Waals surface area contributed by atoms with Gasteiger partial charge in [0.15, 0.2) is 0 Å². The number of amides is 2. The number of hydrazone groups is 1. The zero-order chi connectivity index (χ0) is 24.5. The first kappa shape index (κ1) is 23.9. The molecule has 1 aliphatic rings. The summed E-state index contributed by atoms with van der Waals surface area (Å²) in [5.74, 6) is -0.384. The zero-order valence-corrected chi connectivity index (χ0v) is 19.2. The second kappa shape index (κ2) is 9.19. The van der Waals surface area contributed by atoms with E-state index >= 15 is 0 Å². The van der Waals surface area contributed by atoms with Gasteiger partial charge >= 0.3 is 12.4 Å². The van der Waals surface area contributed by atoms with Crippen molar-refractivity contribution in [1.82, 2.24) is 5.01 Å². The van der Waals surface area contributed by atoms with Crippen LogP contribution in [0.25, 0.3) is 0 Å². The van der Waals surface area contributed by atoms with Crippen LogP contribution in [0.5, 0.6) is 5.75 Å². The van der Waals surface area contributed by atoms with Gasteiger partial charge in [-0.3, -0.25) is 0 Å². The molecule has 1 heterocycles. The number of rotatable bonds is 4. The molecule has 0 aliphatic carbocycles. The predicted octanol–water partition coefficient (Wildman–Crippen LogP) is 7.10. The molecule has 1 aliphatic heterocycles. The fraction of sp³-hybridized carbons (Fsp3) is 0.167. The molecule has 176 valence electrons. The number of benzene rings is 3. The Kier molecular flexibility index (Phi) is 6.47. The third-order valence-electron chi connectivity index (χ3n) is 5.38. The summed E-state index contributed by atoms with van der Waals surface area (Å²) in [4.78, 5) is 13.0. The van der Waals surface area contributed by atoms with E-state index in [1.807, 2.05) is 31.2 Å². The number of carbonyl (C=O) groups excluding carboxylic acids is 1. The largest absolute Gasteiger partial charge is 0.573 e. The first-order valence-corrected chi connectivity index (χ1v) is 10.8. The normalized spacial score (nSPS) is 17.9. The Morgan fingerprint density at radius 3 is 2.09 bits per heavy atom. The number of urea groups is 1. The highest BCUT2D eigenvalue weighted by Gasteiger charge is 2.42. The van der Waals surface area contributed by atoms with E-state index in [2.05, 4.69) is 15.2 Å². The van der Waals surface area contributed by atoms with Crippen LogP contribution in [0.15, 0.2) is 77.9 Å². The molecule has 0 aromatic heterocycles. The van der Waals surface area contributed by atoms with Gasteiger partial charge in [-0.1, -0.05) is 47.5 Å². The molecule has 0 radical (unpaired) electrons. The summed E-state index contributed by atoms with van der Waals surface area (Å²) in [5, 5.41) is 9.69. The minimum absolute atomic E-state index is 0.230. The Bertz CT molecular complexity index is 1210. The van der Waals surface area contributed by atoms with Crippen LogP contribution in [-0.2, 0) is 5.41 Å². The highest BCUT2D eigenvalue weighted by atomic mass is 35.5. The van der Waals surface area contributed by atoms with Crippen molar-refractivity contribution in [2.45, 2.75) is 18.7 Å². The van der Waals surface area contributed by atoms with Crippen LogP contribution in [0.2, 0.25) is 10.0 Å². The lowest BCUT2D eigenvalue weighted by molar-refractivity contribution is -0.274. The molecule has 1 N–H and O–H groups in total. The second-order valence-corrected chi connectivity index (χ2v) is 8.73. The lowest BCUT2D eigenvalue weighted by atomic mass is 9.76. The average Bonchev–Trinajstić information content (AvgIpc) is 3.14. The Balaban J connectivity index is 1.60. The number of hydrogen-bond acceptors (Lipinski definition) is 3. The Hall–Kier alpha value is -3.23. The summed E-state index contributed by atoms with van der Waals surface area (Å²) < 4.78 is 40.9. The maximum absolute atomic E-state index is 13.0. The van der Waals surface area contributed by atoms with E-state index in [0.29, 0.717) is 21.4 Å². The van der Waals surface area contributed by atoms with Crippen molar-refractivity contribution >= 4 is 40.6 Å². The van der Waals surface area contributed by atoms with Crippen LogP contribution in [-0.4, -0.2) is 29.7 Å². The molecule has 0 saturated carbocycles. The number of hydrogen-bond donors (Lipinski definition) is 1. The van der Waals surface area contributed by atoms with E-state index in [1.54, 1.807) is 24.3 Å². The van der Waals surface area contributed by atoms with Crippen LogP contribution in [0, 0.1) is 0 Å². The van der Waals surface area contributed by atoms with E-state index in [0.717, 1.165) is 23.3 Å². The van der Waals surface area contributed by atoms with Crippen molar-refractivity contribution in [2.75, 3.05) is 11.9 Å². The molecule has 0 bridgehead atoms. The van der Waals surface area contributed by atoms with Gasteiger partial charge < -0.3 is 10.1 Å². The van der Waals surface area contributed by atoms with Gasteiger partial charge in [0.05, 0.1) is 17.7 Å². The molecule has 3 aromatic rings. The molecule has 0 fully saturated rings. The molecule has 1 atom stereocenters. The standard InChI is InChI=1S/C24H18Cl2F3N3O2/c1-23(16-4-8-18(26)9-5-16)14-32(31-21(23)15-2-6-17(25)7-3-15)22(33)30-19-10-12-20(13-11-19)34-24(27,28)29/h2-13H,14H2,1H3,(H,30,33). The molecule has 5 nitrogen and oxygen atoms in total. The fourth-order valence-electron chi connectivity index (χ4n) is 3.72. The first-order chi connectivity index (χ1) is 16.0. The molecular formula is C24H18Cl2F3N3O2. The first-order valence-electron chi connectivity index (χ1n) is 10.1. The third kappa shape index (κ3) is 5.29. The molecule has 1 unspecified atom stereocenters. The van der Waals surface area contributed by atoms with Gasteiger partial charge in [-0.25, -0.2) is 9.80 Å². The van der Waals surface area contributed by atoms with E-state index in [-0.39, 0.29) is 12.3 Å². The number of carbonyl (C=O) groups is 1. The van der Waals surface area contributed by atoms with Gasteiger partial charge in [0.2, 0.25) is 0 Å². The van der Waals surface area contributed by atoms with Crippen molar-refractivity contribution < 1.29 is 22.7 Å². The second-order valence-electron chi connectivity index (χ2n) is 7.85. The minimum Gasteiger partial charge on any atom is -0.406 e. The van der Waals surface area contributed by atoms with Gasteiger partial charge in [0.25, 0.3) is 0 Å². The summed E-state index contributed by atoms with van der Waals surface area (Å²) in [5.41, 5.74) is 2.01. The topological polar surface area (TPSA) is 53.9 Å². The summed E-state index contributed by atoms with van der Waals surface area (Å²) in [7, 11) is 0. The van der Waals surface area contributed by atoms with E-state index in [9.17, 15) is 18.0 Å². The Morgan fingerprint density at radius 2 is 1.53 bits per heavy atom. The molecular weight excluding hydrogens is 490 g/mol. The summed E-state index contributed by atoms with van der Waals surface area (Å²) in [6.07, 6.45) is -4.79. The smallest absolute Gasteiger partial charge is 0.406 e. The van der Waals surface area contributed by atoms with Crippen LogP contribution < -0.4 is 10.1 Å². The van der Waals surface area contributed by atoms with Crippen LogP contribution in [0.1, 0.15) is 18.1 Å². The lowest BCUT2D eigenvalue weighted by Gasteiger charge is -2.27. The Morgan fingerprint density at radius 1 is 0.971 bits per heavy atom. The summed E-state index contributed by atoms with van der Waals surface area (Å²) in [6.45, 7) is 2.20. The highest BCUT2D eigenvalue weighted by Crippen LogP contribution is 2.36. The number of nitrogens with one attached hydrogen (secondary N) is 1. The SMILES string of the molecule is CC1(c2ccc(Cl)cc2)CN(C(=O)Nc2ccc(OC(F)(F)F)cc2)N=C1c1ccc(Cl)cc1. The molecule has 0 spiro atoms. The minimum atomic E-state index is -4.79. The molecule has 34 heavy (non-hydrogen) atoms. The molecule has 10 heteroatoms. The number of ether oxygens (including phenoxy) is 1. The van der Waals surface area contributed by atoms with E-state index in [4.69, 9.17) is 23.2 Å². The van der Waals surface area contributed by atoms with E-state index in [1.165, 1.54) is 17.1 Å². The van der Waals surface area contributed by atoms with Gasteiger partial charge in [-0.05, 0) is 66.6 Å². The van der Waals surface area contributed by atoms with Crippen molar-refractivity contribution in [3.05, 3.63) is 94.0 Å². The Labute approximate surface area is 203 Å². The summed E-state index contributed by atoms with van der Waals surface area (Å²) in [6, 6.07) is 18.8. The maximum atomic E-state index is 13.0. The molecule has 0 saturated heterocycles. The average molecular weight is 508 g/mol. The zero-order valence-electron chi connectivity index (χ0n) is 17.7. The summed E-state index contributed by atoms with van der Waals surface area (Å²) >= 11 is 12.1. The van der Waals surface area contributed by atoms with Gasteiger partial charge in [-0.15, -0.1) is 13.2 Å². The van der Waals surface area contributed by atoms with Crippen molar-refractivity contribution in [3.63, 3.8) is 0 Å².